The quantitative estimate of drug-likeness (QED) is 0.489. The minimum Gasteiger partial charge on any atom is -0.333 e. The molecule has 1 aromatic heterocycles. The van der Waals surface area contributed by atoms with Crippen LogP contribution in [0.25, 0.3) is 11.0 Å². The first-order valence-electron chi connectivity index (χ1n) is 6.75. The number of hydrogen-bond donors (Lipinski definition) is 2. The largest absolute Gasteiger partial charge is 0.333 e. The smallest absolute Gasteiger partial charge is 0.234 e. The zero-order valence-electron chi connectivity index (χ0n) is 11.9. The summed E-state index contributed by atoms with van der Waals surface area (Å²) in [5.74, 6) is 0.292. The number of aromatic nitrogens is 2. The number of carbonyl (C=O) groups is 1. The van der Waals surface area contributed by atoms with Crippen LogP contribution in [0, 0.1) is 10.5 Å². The van der Waals surface area contributed by atoms with Gasteiger partial charge in [-0.05, 0) is 65.4 Å². The zero-order chi connectivity index (χ0) is 15.5. The number of carbonyl (C=O) groups excluding carboxylic acids is 1. The Balaban J connectivity index is 1.62. The molecule has 0 aliphatic heterocycles. The molecule has 3 rings (SSSR count). The fraction of sp³-hybridized carbons (Fsp3) is 0.125. The molecule has 0 saturated heterocycles. The van der Waals surface area contributed by atoms with Gasteiger partial charge in [0.05, 0.1) is 16.8 Å². The van der Waals surface area contributed by atoms with Crippen LogP contribution in [0.5, 0.6) is 0 Å². The summed E-state index contributed by atoms with van der Waals surface area (Å²) in [7, 11) is 0. The first-order valence-corrected chi connectivity index (χ1v) is 8.82. The highest BCUT2D eigenvalue weighted by Gasteiger charge is 2.08. The van der Waals surface area contributed by atoms with Gasteiger partial charge in [0.2, 0.25) is 5.91 Å². The Morgan fingerprint density at radius 1 is 1.32 bits per heavy atom. The van der Waals surface area contributed by atoms with Crippen LogP contribution in [0.2, 0.25) is 0 Å². The molecule has 0 unspecified atom stereocenters. The van der Waals surface area contributed by atoms with Crippen LogP contribution < -0.4 is 5.32 Å². The highest BCUT2D eigenvalue weighted by atomic mass is 127. The number of benzene rings is 2. The van der Waals surface area contributed by atoms with Gasteiger partial charge in [-0.3, -0.25) is 4.79 Å². The summed E-state index contributed by atoms with van der Waals surface area (Å²) in [6.07, 6.45) is 0. The molecule has 3 aromatic rings. The van der Waals surface area contributed by atoms with Crippen LogP contribution in [0.4, 0.5) is 5.69 Å². The molecule has 4 nitrogen and oxygen atoms in total. The van der Waals surface area contributed by atoms with Gasteiger partial charge < -0.3 is 10.3 Å². The molecule has 0 radical (unpaired) electrons. The van der Waals surface area contributed by atoms with Crippen LogP contribution in [0.3, 0.4) is 0 Å². The summed E-state index contributed by atoms with van der Waals surface area (Å²) in [6, 6.07) is 13.8. The topological polar surface area (TPSA) is 57.8 Å². The Kier molecular flexibility index (Phi) is 4.68. The Labute approximate surface area is 146 Å². The van der Waals surface area contributed by atoms with E-state index in [1.807, 2.05) is 49.4 Å². The molecule has 0 aliphatic carbocycles. The number of rotatable bonds is 4. The van der Waals surface area contributed by atoms with Gasteiger partial charge in [-0.2, -0.15) is 0 Å². The number of imidazole rings is 1. The number of nitrogens with one attached hydrogen (secondary N) is 2. The van der Waals surface area contributed by atoms with Crippen molar-refractivity contribution >= 4 is 57.0 Å². The minimum atomic E-state index is -0.0326. The second-order valence-corrected chi connectivity index (χ2v) is 7.06. The number of nitrogens with zero attached hydrogens (tertiary/aromatic N) is 1. The number of amides is 1. The molecule has 0 saturated carbocycles. The maximum atomic E-state index is 12.1. The molecule has 2 N–H and O–H groups in total. The van der Waals surface area contributed by atoms with Crippen molar-refractivity contribution in [1.29, 1.82) is 0 Å². The van der Waals surface area contributed by atoms with Gasteiger partial charge in [-0.25, -0.2) is 4.98 Å². The van der Waals surface area contributed by atoms with Crippen molar-refractivity contribution in [3.63, 3.8) is 0 Å². The molecular formula is C16H14IN3OS. The molecule has 0 spiro atoms. The lowest BCUT2D eigenvalue weighted by atomic mass is 10.2. The van der Waals surface area contributed by atoms with Crippen molar-refractivity contribution in [2.45, 2.75) is 12.1 Å². The Morgan fingerprint density at radius 3 is 2.91 bits per heavy atom. The van der Waals surface area contributed by atoms with Gasteiger partial charge in [0.15, 0.2) is 5.16 Å². The van der Waals surface area contributed by atoms with Crippen molar-refractivity contribution in [2.75, 3.05) is 11.1 Å². The van der Waals surface area contributed by atoms with Crippen LogP contribution in [-0.4, -0.2) is 21.6 Å². The minimum absolute atomic E-state index is 0.0326. The lowest BCUT2D eigenvalue weighted by Gasteiger charge is -2.08. The van der Waals surface area contributed by atoms with Crippen LogP contribution in [0.15, 0.2) is 47.6 Å². The molecule has 2 aromatic carbocycles. The number of aryl methyl sites for hydroxylation is 1. The van der Waals surface area contributed by atoms with E-state index < -0.39 is 0 Å². The van der Waals surface area contributed by atoms with Gasteiger partial charge in [-0.1, -0.05) is 23.9 Å². The molecular weight excluding hydrogens is 409 g/mol. The predicted molar refractivity (Wildman–Crippen MR) is 99.3 cm³/mol. The second kappa shape index (κ2) is 6.70. The van der Waals surface area contributed by atoms with E-state index in [0.29, 0.717) is 5.75 Å². The van der Waals surface area contributed by atoms with E-state index in [1.54, 1.807) is 0 Å². The van der Waals surface area contributed by atoms with Crippen LogP contribution >= 0.6 is 34.4 Å². The highest BCUT2D eigenvalue weighted by Crippen LogP contribution is 2.21. The number of para-hydroxylation sites is 2. The fourth-order valence-electron chi connectivity index (χ4n) is 2.09. The van der Waals surface area contributed by atoms with Gasteiger partial charge >= 0.3 is 0 Å². The van der Waals surface area contributed by atoms with Crippen molar-refractivity contribution in [1.82, 2.24) is 9.97 Å². The molecule has 0 atom stereocenters. The SMILES string of the molecule is Cc1cc(I)ccc1NC(=O)CSc1nc2ccccc2[nH]1. The summed E-state index contributed by atoms with van der Waals surface area (Å²) in [5.41, 5.74) is 3.82. The molecule has 1 heterocycles. The Bertz CT molecular complexity index is 798. The lowest BCUT2D eigenvalue weighted by Crippen LogP contribution is -2.15. The van der Waals surface area contributed by atoms with Crippen LogP contribution in [-0.2, 0) is 4.79 Å². The average Bonchev–Trinajstić information content (AvgIpc) is 2.91. The predicted octanol–water partition coefficient (Wildman–Crippen LogP) is 4.21. The molecule has 0 bridgehead atoms. The number of fused-ring (bicyclic) bond motifs is 1. The van der Waals surface area contributed by atoms with Crippen LogP contribution in [0.1, 0.15) is 5.56 Å². The van der Waals surface area contributed by atoms with Crippen molar-refractivity contribution in [3.8, 4) is 0 Å². The normalized spacial score (nSPS) is 10.8. The standard InChI is InChI=1S/C16H14IN3OS/c1-10-8-11(17)6-7-12(10)18-15(21)9-22-16-19-13-4-2-3-5-14(13)20-16/h2-8H,9H2,1H3,(H,18,21)(H,19,20). The highest BCUT2D eigenvalue weighted by molar-refractivity contribution is 14.1. The second-order valence-electron chi connectivity index (χ2n) is 4.86. The molecule has 112 valence electrons. The van der Waals surface area contributed by atoms with Gasteiger partial charge in [0.1, 0.15) is 0 Å². The van der Waals surface area contributed by atoms with Gasteiger partial charge in [0, 0.05) is 9.26 Å². The number of hydrogen-bond acceptors (Lipinski definition) is 3. The number of thioether (sulfide) groups is 1. The summed E-state index contributed by atoms with van der Waals surface area (Å²) < 4.78 is 1.16. The van der Waals surface area contributed by atoms with Crippen molar-refractivity contribution < 1.29 is 4.79 Å². The average molecular weight is 423 g/mol. The van der Waals surface area contributed by atoms with Crippen molar-refractivity contribution in [3.05, 3.63) is 51.6 Å². The number of anilines is 1. The fourth-order valence-corrected chi connectivity index (χ4v) is 3.42. The first-order chi connectivity index (χ1) is 10.6. The van der Waals surface area contributed by atoms with Crippen molar-refractivity contribution in [2.24, 2.45) is 0 Å². The number of aromatic amines is 1. The molecule has 0 aliphatic rings. The molecule has 22 heavy (non-hydrogen) atoms. The molecule has 0 fully saturated rings. The third-order valence-electron chi connectivity index (χ3n) is 3.17. The number of H-pyrrole nitrogens is 1. The Hall–Kier alpha value is -1.54. The Morgan fingerprint density at radius 2 is 2.14 bits per heavy atom. The third-order valence-corrected chi connectivity index (χ3v) is 4.71. The van der Waals surface area contributed by atoms with Gasteiger partial charge in [-0.15, -0.1) is 0 Å². The molecule has 6 heteroatoms. The summed E-state index contributed by atoms with van der Waals surface area (Å²) >= 11 is 3.66. The molecule has 1 amide bonds. The third kappa shape index (κ3) is 3.61. The maximum Gasteiger partial charge on any atom is 0.234 e. The van der Waals surface area contributed by atoms with E-state index in [1.165, 1.54) is 11.8 Å². The lowest BCUT2D eigenvalue weighted by molar-refractivity contribution is -0.113. The first kappa shape index (κ1) is 15.4. The van der Waals surface area contributed by atoms with E-state index in [-0.39, 0.29) is 5.91 Å². The monoisotopic (exact) mass is 423 g/mol. The summed E-state index contributed by atoms with van der Waals surface area (Å²) in [4.78, 5) is 19.7. The van der Waals surface area contributed by atoms with E-state index in [4.69, 9.17) is 0 Å². The summed E-state index contributed by atoms with van der Waals surface area (Å²) in [6.45, 7) is 1.99. The zero-order valence-corrected chi connectivity index (χ0v) is 14.9. The maximum absolute atomic E-state index is 12.1. The van der Waals surface area contributed by atoms with E-state index >= 15 is 0 Å². The number of halogens is 1. The van der Waals surface area contributed by atoms with Gasteiger partial charge in [0.25, 0.3) is 0 Å². The van der Waals surface area contributed by atoms with E-state index in [0.717, 1.165) is 31.0 Å². The van der Waals surface area contributed by atoms with E-state index in [2.05, 4.69) is 37.9 Å². The van der Waals surface area contributed by atoms with E-state index in [9.17, 15) is 4.79 Å². The summed E-state index contributed by atoms with van der Waals surface area (Å²) in [5, 5.41) is 3.70.